The average molecular weight is 309 g/mol. The number of hydrogen-bond donors (Lipinski definition) is 0. The summed E-state index contributed by atoms with van der Waals surface area (Å²) in [6, 6.07) is 12.2. The summed E-state index contributed by atoms with van der Waals surface area (Å²) in [6.45, 7) is 8.71. The van der Waals surface area contributed by atoms with E-state index in [9.17, 15) is 0 Å². The van der Waals surface area contributed by atoms with Gasteiger partial charge in [0.05, 0.1) is 18.0 Å². The molecular formula is C19H23N3O. The second-order valence-electron chi connectivity index (χ2n) is 5.54. The fourth-order valence-electron chi connectivity index (χ4n) is 2.86. The molecule has 0 unspecified atom stereocenters. The van der Waals surface area contributed by atoms with Gasteiger partial charge in [-0.15, -0.1) is 0 Å². The number of fused-ring (bicyclic) bond motifs is 2. The Morgan fingerprint density at radius 1 is 1.09 bits per heavy atom. The summed E-state index contributed by atoms with van der Waals surface area (Å²) in [7, 11) is 0. The number of likely N-dealkylation sites (N-methyl/N-ethyl adjacent to an activating group) is 1. The van der Waals surface area contributed by atoms with E-state index in [-0.39, 0.29) is 0 Å². The highest BCUT2D eigenvalue weighted by molar-refractivity contribution is 6.15. The van der Waals surface area contributed by atoms with Crippen molar-refractivity contribution in [3.05, 3.63) is 59.4 Å². The summed E-state index contributed by atoms with van der Waals surface area (Å²) in [6.07, 6.45) is 1.81. The lowest BCUT2D eigenvalue weighted by atomic mass is 10.0. The van der Waals surface area contributed by atoms with Crippen LogP contribution in [0.25, 0.3) is 0 Å². The number of pyridine rings is 1. The van der Waals surface area contributed by atoms with Gasteiger partial charge in [-0.05, 0) is 37.4 Å². The molecule has 0 aliphatic carbocycles. The Kier molecular flexibility index (Phi) is 5.03. The summed E-state index contributed by atoms with van der Waals surface area (Å²) in [5.41, 5.74) is 4.08. The molecule has 4 nitrogen and oxygen atoms in total. The third kappa shape index (κ3) is 3.42. The fourth-order valence-corrected chi connectivity index (χ4v) is 2.86. The van der Waals surface area contributed by atoms with Gasteiger partial charge in [0.1, 0.15) is 12.4 Å². The van der Waals surface area contributed by atoms with Crippen LogP contribution in [0, 0.1) is 0 Å². The summed E-state index contributed by atoms with van der Waals surface area (Å²) >= 11 is 0. The minimum atomic E-state index is 0.488. The molecule has 0 amide bonds. The first kappa shape index (κ1) is 15.7. The van der Waals surface area contributed by atoms with Crippen LogP contribution in [0.2, 0.25) is 0 Å². The molecule has 1 aliphatic heterocycles. The van der Waals surface area contributed by atoms with Gasteiger partial charge in [0, 0.05) is 23.9 Å². The largest absolute Gasteiger partial charge is 0.487 e. The minimum absolute atomic E-state index is 0.488. The maximum absolute atomic E-state index is 5.92. The van der Waals surface area contributed by atoms with Gasteiger partial charge in [-0.3, -0.25) is 9.98 Å². The molecule has 4 heteroatoms. The van der Waals surface area contributed by atoms with Gasteiger partial charge < -0.3 is 9.64 Å². The molecule has 1 aliphatic rings. The van der Waals surface area contributed by atoms with E-state index in [0.717, 1.165) is 54.5 Å². The van der Waals surface area contributed by atoms with Gasteiger partial charge in [-0.1, -0.05) is 26.0 Å². The molecule has 1 aromatic carbocycles. The zero-order valence-electron chi connectivity index (χ0n) is 13.8. The standard InChI is InChI=1S/C19H23N3O/c1-3-22(4-2)13-12-21-19-15-9-7-11-20-17(15)14-23-18-10-6-5-8-16(18)19/h5-11H,3-4,12-14H2,1-2H3. The summed E-state index contributed by atoms with van der Waals surface area (Å²) < 4.78 is 5.92. The number of benzene rings is 1. The SMILES string of the molecule is CCN(CC)CCN=C1c2ccccc2OCc2ncccc21. The summed E-state index contributed by atoms with van der Waals surface area (Å²) in [5, 5.41) is 0. The maximum Gasteiger partial charge on any atom is 0.131 e. The number of nitrogens with zero attached hydrogens (tertiary/aromatic N) is 3. The monoisotopic (exact) mass is 309 g/mol. The normalized spacial score (nSPS) is 15.0. The molecule has 1 aromatic heterocycles. The Morgan fingerprint density at radius 2 is 1.87 bits per heavy atom. The first-order valence-corrected chi connectivity index (χ1v) is 8.26. The van der Waals surface area contributed by atoms with Crippen molar-refractivity contribution in [2.45, 2.75) is 20.5 Å². The van der Waals surface area contributed by atoms with Crippen LogP contribution in [-0.4, -0.2) is 41.8 Å². The van der Waals surface area contributed by atoms with Crippen molar-refractivity contribution in [3.63, 3.8) is 0 Å². The first-order chi connectivity index (χ1) is 11.3. The van der Waals surface area contributed by atoms with Crippen LogP contribution in [-0.2, 0) is 6.61 Å². The lowest BCUT2D eigenvalue weighted by molar-refractivity contribution is 0.302. The molecule has 120 valence electrons. The molecule has 0 atom stereocenters. The quantitative estimate of drug-likeness (QED) is 0.851. The van der Waals surface area contributed by atoms with Gasteiger partial charge in [0.25, 0.3) is 0 Å². The van der Waals surface area contributed by atoms with Crippen molar-refractivity contribution in [1.82, 2.24) is 9.88 Å². The highest BCUT2D eigenvalue weighted by Gasteiger charge is 2.20. The highest BCUT2D eigenvalue weighted by atomic mass is 16.5. The zero-order valence-corrected chi connectivity index (χ0v) is 13.8. The van der Waals surface area contributed by atoms with Crippen molar-refractivity contribution in [3.8, 4) is 5.75 Å². The number of ether oxygens (including phenoxy) is 1. The Morgan fingerprint density at radius 3 is 2.70 bits per heavy atom. The maximum atomic E-state index is 5.92. The van der Waals surface area contributed by atoms with Crippen molar-refractivity contribution < 1.29 is 4.74 Å². The number of aliphatic imine (C=N–C) groups is 1. The smallest absolute Gasteiger partial charge is 0.131 e. The van der Waals surface area contributed by atoms with Crippen LogP contribution in [0.5, 0.6) is 5.75 Å². The predicted octanol–water partition coefficient (Wildman–Crippen LogP) is 3.15. The Bertz CT molecular complexity index is 643. The van der Waals surface area contributed by atoms with Crippen LogP contribution >= 0.6 is 0 Å². The number of aromatic nitrogens is 1. The molecule has 23 heavy (non-hydrogen) atoms. The molecule has 0 fully saturated rings. The minimum Gasteiger partial charge on any atom is -0.487 e. The predicted molar refractivity (Wildman–Crippen MR) is 93.3 cm³/mol. The van der Waals surface area contributed by atoms with Crippen LogP contribution in [0.1, 0.15) is 30.7 Å². The Balaban J connectivity index is 1.96. The van der Waals surface area contributed by atoms with Crippen molar-refractivity contribution in [2.75, 3.05) is 26.2 Å². The molecule has 0 spiro atoms. The van der Waals surface area contributed by atoms with Crippen LogP contribution in [0.15, 0.2) is 47.6 Å². The van der Waals surface area contributed by atoms with Crippen molar-refractivity contribution in [1.29, 1.82) is 0 Å². The third-order valence-electron chi connectivity index (χ3n) is 4.23. The molecule has 2 aromatic rings. The number of rotatable bonds is 5. The van der Waals surface area contributed by atoms with Gasteiger partial charge >= 0.3 is 0 Å². The van der Waals surface area contributed by atoms with Gasteiger partial charge in [0.15, 0.2) is 0 Å². The van der Waals surface area contributed by atoms with Crippen molar-refractivity contribution >= 4 is 5.71 Å². The topological polar surface area (TPSA) is 37.7 Å². The van der Waals surface area contributed by atoms with Gasteiger partial charge in [-0.25, -0.2) is 0 Å². The number of para-hydroxylation sites is 1. The Hall–Kier alpha value is -2.20. The summed E-state index contributed by atoms with van der Waals surface area (Å²) in [5.74, 6) is 0.882. The van der Waals surface area contributed by atoms with E-state index < -0.39 is 0 Å². The molecule has 0 saturated carbocycles. The zero-order chi connectivity index (χ0) is 16.1. The molecule has 0 saturated heterocycles. The van der Waals surface area contributed by atoms with E-state index >= 15 is 0 Å². The second kappa shape index (κ2) is 7.38. The third-order valence-corrected chi connectivity index (χ3v) is 4.23. The lowest BCUT2D eigenvalue weighted by Gasteiger charge is -2.17. The van der Waals surface area contributed by atoms with E-state index in [2.05, 4.69) is 35.9 Å². The van der Waals surface area contributed by atoms with Gasteiger partial charge in [0.2, 0.25) is 0 Å². The molecule has 0 radical (unpaired) electrons. The van der Waals surface area contributed by atoms with E-state index in [1.807, 2.05) is 30.5 Å². The molecule has 0 N–H and O–H groups in total. The molecular weight excluding hydrogens is 286 g/mol. The lowest BCUT2D eigenvalue weighted by Crippen LogP contribution is -2.26. The van der Waals surface area contributed by atoms with Crippen molar-refractivity contribution in [2.24, 2.45) is 4.99 Å². The highest BCUT2D eigenvalue weighted by Crippen LogP contribution is 2.27. The first-order valence-electron chi connectivity index (χ1n) is 8.26. The molecule has 2 heterocycles. The second-order valence-corrected chi connectivity index (χ2v) is 5.54. The average Bonchev–Trinajstić information content (AvgIpc) is 2.76. The van der Waals surface area contributed by atoms with E-state index in [0.29, 0.717) is 6.61 Å². The van der Waals surface area contributed by atoms with E-state index in [4.69, 9.17) is 9.73 Å². The van der Waals surface area contributed by atoms with E-state index in [1.165, 1.54) is 0 Å². The van der Waals surface area contributed by atoms with E-state index in [1.54, 1.807) is 0 Å². The van der Waals surface area contributed by atoms with Gasteiger partial charge in [-0.2, -0.15) is 0 Å². The fraction of sp³-hybridized carbons (Fsp3) is 0.368. The number of hydrogen-bond acceptors (Lipinski definition) is 4. The molecule has 3 rings (SSSR count). The summed E-state index contributed by atoms with van der Waals surface area (Å²) in [4.78, 5) is 11.8. The van der Waals surface area contributed by atoms with Crippen LogP contribution in [0.3, 0.4) is 0 Å². The molecule has 0 bridgehead atoms. The van der Waals surface area contributed by atoms with Crippen LogP contribution < -0.4 is 4.74 Å². The Labute approximate surface area is 137 Å². The van der Waals surface area contributed by atoms with Crippen LogP contribution in [0.4, 0.5) is 0 Å².